The number of aryl methyl sites for hydroxylation is 1. The predicted octanol–water partition coefficient (Wildman–Crippen LogP) is 2.89. The van der Waals surface area contributed by atoms with Crippen molar-refractivity contribution in [3.05, 3.63) is 99.6 Å². The molecule has 5 rings (SSSR count). The number of aromatic hydroxyl groups is 2. The molecule has 0 fully saturated rings. The second kappa shape index (κ2) is 8.47. The predicted molar refractivity (Wildman–Crippen MR) is 125 cm³/mol. The first-order chi connectivity index (χ1) is 16.4. The third-order valence-electron chi connectivity index (χ3n) is 6.04. The third kappa shape index (κ3) is 3.69. The van der Waals surface area contributed by atoms with Gasteiger partial charge in [-0.15, -0.1) is 0 Å². The van der Waals surface area contributed by atoms with Crippen LogP contribution in [0.2, 0.25) is 0 Å². The Morgan fingerprint density at radius 2 is 1.41 bits per heavy atom. The average Bonchev–Trinajstić information content (AvgIpc) is 3.09. The molecule has 2 amide bonds. The van der Waals surface area contributed by atoms with Crippen molar-refractivity contribution in [1.82, 2.24) is 14.5 Å². The zero-order valence-corrected chi connectivity index (χ0v) is 18.1. The Morgan fingerprint density at radius 3 is 2.12 bits per heavy atom. The summed E-state index contributed by atoms with van der Waals surface area (Å²) < 4.78 is 1.55. The van der Waals surface area contributed by atoms with Crippen LogP contribution < -0.4 is 5.56 Å². The van der Waals surface area contributed by atoms with Gasteiger partial charge in [-0.3, -0.25) is 23.9 Å². The number of fused-ring (bicyclic) bond motifs is 2. The van der Waals surface area contributed by atoms with E-state index in [1.807, 2.05) is 0 Å². The van der Waals surface area contributed by atoms with Gasteiger partial charge in [0.2, 0.25) is 0 Å². The lowest BCUT2D eigenvalue weighted by Crippen LogP contribution is -2.34. The molecule has 2 N–H and O–H groups in total. The molecule has 1 aliphatic rings. The molecule has 0 unspecified atom stereocenters. The van der Waals surface area contributed by atoms with Crippen molar-refractivity contribution in [2.75, 3.05) is 6.54 Å². The monoisotopic (exact) mass is 455 g/mol. The van der Waals surface area contributed by atoms with Crippen molar-refractivity contribution >= 4 is 22.7 Å². The van der Waals surface area contributed by atoms with Crippen molar-refractivity contribution in [2.24, 2.45) is 0 Å². The summed E-state index contributed by atoms with van der Waals surface area (Å²) in [5, 5.41) is 19.8. The number of nitrogens with zero attached hydrogens (tertiary/aromatic N) is 3. The van der Waals surface area contributed by atoms with Crippen LogP contribution in [-0.2, 0) is 19.4 Å². The average molecular weight is 455 g/mol. The minimum atomic E-state index is -0.352. The summed E-state index contributed by atoms with van der Waals surface area (Å²) in [7, 11) is 0. The van der Waals surface area contributed by atoms with Crippen molar-refractivity contribution < 1.29 is 19.8 Å². The Labute approximate surface area is 194 Å². The number of hydrogen-bond acceptors (Lipinski definition) is 6. The third-order valence-corrected chi connectivity index (χ3v) is 6.04. The second-order valence-electron chi connectivity index (χ2n) is 8.13. The summed E-state index contributed by atoms with van der Waals surface area (Å²) in [4.78, 5) is 44.6. The number of carbonyl (C=O) groups excluding carboxylic acids is 2. The Kier molecular flexibility index (Phi) is 5.33. The molecule has 0 saturated carbocycles. The molecular weight excluding hydrogens is 434 g/mol. The van der Waals surface area contributed by atoms with Gasteiger partial charge in [-0.25, -0.2) is 4.98 Å². The number of hydrogen-bond donors (Lipinski definition) is 2. The highest BCUT2D eigenvalue weighted by Gasteiger charge is 2.34. The van der Waals surface area contributed by atoms with Crippen molar-refractivity contribution in [3.8, 4) is 11.5 Å². The van der Waals surface area contributed by atoms with Crippen LogP contribution in [0.25, 0.3) is 10.9 Å². The number of benzene rings is 3. The molecule has 1 aliphatic heterocycles. The first kappa shape index (κ1) is 21.4. The summed E-state index contributed by atoms with van der Waals surface area (Å²) in [6, 6.07) is 18.3. The maximum atomic E-state index is 13.3. The summed E-state index contributed by atoms with van der Waals surface area (Å²) in [5.41, 5.74) is 1.82. The maximum absolute atomic E-state index is 13.3. The van der Waals surface area contributed by atoms with E-state index in [2.05, 4.69) is 4.98 Å². The fraction of sp³-hybridized carbons (Fsp3) is 0.154. The molecular formula is C26H21N3O5. The Balaban J connectivity index is 1.45. The van der Waals surface area contributed by atoms with Gasteiger partial charge in [-0.05, 0) is 48.4 Å². The van der Waals surface area contributed by atoms with Crippen LogP contribution in [0.4, 0.5) is 0 Å². The van der Waals surface area contributed by atoms with Crippen LogP contribution in [0.1, 0.15) is 32.1 Å². The highest BCUT2D eigenvalue weighted by atomic mass is 16.3. The van der Waals surface area contributed by atoms with E-state index in [0.717, 1.165) is 5.56 Å². The molecule has 34 heavy (non-hydrogen) atoms. The van der Waals surface area contributed by atoms with Crippen molar-refractivity contribution in [1.29, 1.82) is 0 Å². The van der Waals surface area contributed by atoms with Crippen molar-refractivity contribution in [2.45, 2.75) is 19.4 Å². The van der Waals surface area contributed by atoms with E-state index < -0.39 is 0 Å². The van der Waals surface area contributed by atoms with E-state index in [4.69, 9.17) is 0 Å². The van der Waals surface area contributed by atoms with E-state index in [-0.39, 0.29) is 48.4 Å². The molecule has 8 heteroatoms. The molecule has 0 atom stereocenters. The number of phenols is 2. The van der Waals surface area contributed by atoms with Crippen LogP contribution in [0.15, 0.2) is 71.5 Å². The molecule has 3 aromatic carbocycles. The molecule has 0 bridgehead atoms. The minimum absolute atomic E-state index is 0.0944. The van der Waals surface area contributed by atoms with Gasteiger partial charge >= 0.3 is 0 Å². The fourth-order valence-electron chi connectivity index (χ4n) is 4.25. The van der Waals surface area contributed by atoms with Crippen molar-refractivity contribution in [3.63, 3.8) is 0 Å². The quantitative estimate of drug-likeness (QED) is 0.342. The summed E-state index contributed by atoms with van der Waals surface area (Å²) >= 11 is 0. The molecule has 1 aromatic heterocycles. The molecule has 8 nitrogen and oxygen atoms in total. The van der Waals surface area contributed by atoms with Gasteiger partial charge in [-0.1, -0.05) is 30.3 Å². The van der Waals surface area contributed by atoms with E-state index in [1.54, 1.807) is 59.2 Å². The van der Waals surface area contributed by atoms with Gasteiger partial charge in [0.05, 0.1) is 22.0 Å². The van der Waals surface area contributed by atoms with E-state index in [9.17, 15) is 24.6 Å². The zero-order chi connectivity index (χ0) is 23.8. The van der Waals surface area contributed by atoms with Crippen LogP contribution >= 0.6 is 0 Å². The molecule has 170 valence electrons. The number of rotatable bonds is 6. The van der Waals surface area contributed by atoms with Crippen LogP contribution in [-0.4, -0.2) is 43.0 Å². The lowest BCUT2D eigenvalue weighted by molar-refractivity contribution is 0.0655. The fourth-order valence-corrected chi connectivity index (χ4v) is 4.25. The van der Waals surface area contributed by atoms with Gasteiger partial charge < -0.3 is 10.2 Å². The topological polar surface area (TPSA) is 113 Å². The van der Waals surface area contributed by atoms with Crippen LogP contribution in [0.3, 0.4) is 0 Å². The van der Waals surface area contributed by atoms with Gasteiger partial charge in [0.15, 0.2) is 11.5 Å². The number of aromatic nitrogens is 2. The summed E-state index contributed by atoms with van der Waals surface area (Å²) in [5.74, 6) is -0.685. The Morgan fingerprint density at radius 1 is 0.735 bits per heavy atom. The number of imide groups is 1. The molecule has 4 aromatic rings. The maximum Gasteiger partial charge on any atom is 0.261 e. The highest BCUT2D eigenvalue weighted by Crippen LogP contribution is 2.25. The smallest absolute Gasteiger partial charge is 0.261 e. The molecule has 0 saturated heterocycles. The first-order valence-corrected chi connectivity index (χ1v) is 10.9. The SMILES string of the molecule is O=C1c2ccccc2C(=O)N1CCc1nc2ccccc2c(=O)n1CCc1ccc(O)c(O)c1. The van der Waals surface area contributed by atoms with E-state index in [0.29, 0.717) is 34.3 Å². The Bertz CT molecular complexity index is 1470. The standard InChI is InChI=1S/C26H21N3O5/c30-21-10-9-16(15-22(21)31)11-13-28-23(27-20-8-4-3-7-19(20)26(28)34)12-14-29-24(32)17-5-1-2-6-18(17)25(29)33/h1-10,15,30-31H,11-14H2. The zero-order valence-electron chi connectivity index (χ0n) is 18.1. The summed E-state index contributed by atoms with van der Waals surface area (Å²) in [6.45, 7) is 0.370. The van der Waals surface area contributed by atoms with Gasteiger partial charge in [-0.2, -0.15) is 0 Å². The largest absolute Gasteiger partial charge is 0.504 e. The minimum Gasteiger partial charge on any atom is -0.504 e. The number of carbonyl (C=O) groups is 2. The molecule has 0 spiro atoms. The number of para-hydroxylation sites is 1. The number of phenolic OH excluding ortho intramolecular Hbond substituents is 2. The van der Waals surface area contributed by atoms with Gasteiger partial charge in [0.25, 0.3) is 17.4 Å². The van der Waals surface area contributed by atoms with E-state index >= 15 is 0 Å². The van der Waals surface area contributed by atoms with Crippen LogP contribution in [0.5, 0.6) is 11.5 Å². The van der Waals surface area contributed by atoms with Crippen LogP contribution in [0, 0.1) is 0 Å². The highest BCUT2D eigenvalue weighted by molar-refractivity contribution is 6.21. The Hall–Kier alpha value is -4.46. The van der Waals surface area contributed by atoms with Gasteiger partial charge in [0, 0.05) is 19.5 Å². The second-order valence-corrected chi connectivity index (χ2v) is 8.13. The number of amides is 2. The van der Waals surface area contributed by atoms with Gasteiger partial charge in [0.1, 0.15) is 5.82 Å². The first-order valence-electron chi connectivity index (χ1n) is 10.9. The molecule has 2 heterocycles. The van der Waals surface area contributed by atoms with E-state index in [1.165, 1.54) is 17.0 Å². The summed E-state index contributed by atoms with van der Waals surface area (Å²) in [6.07, 6.45) is 0.625. The lowest BCUT2D eigenvalue weighted by Gasteiger charge is -2.17. The lowest BCUT2D eigenvalue weighted by atomic mass is 10.1. The molecule has 0 radical (unpaired) electrons. The molecule has 0 aliphatic carbocycles. The normalized spacial score (nSPS) is 13.0.